The van der Waals surface area contributed by atoms with Crippen molar-refractivity contribution in [2.45, 2.75) is 13.3 Å². The fourth-order valence-corrected chi connectivity index (χ4v) is 1.66. The zero-order chi connectivity index (χ0) is 9.80. The molecule has 1 heteroatoms. The summed E-state index contributed by atoms with van der Waals surface area (Å²) in [6.07, 6.45) is 9.41. The highest BCUT2D eigenvalue weighted by Crippen LogP contribution is 2.26. The van der Waals surface area contributed by atoms with Gasteiger partial charge in [-0.25, -0.2) is 0 Å². The van der Waals surface area contributed by atoms with Crippen LogP contribution in [-0.4, -0.2) is 6.61 Å². The molecule has 0 saturated heterocycles. The number of benzene rings is 1. The van der Waals surface area contributed by atoms with Crippen LogP contribution in [0.3, 0.4) is 0 Å². The Morgan fingerprint density at radius 3 is 3.07 bits per heavy atom. The van der Waals surface area contributed by atoms with Crippen molar-refractivity contribution in [1.82, 2.24) is 0 Å². The maximum absolute atomic E-state index is 5.58. The lowest BCUT2D eigenvalue weighted by Gasteiger charge is -2.10. The first-order chi connectivity index (χ1) is 6.92. The molecule has 0 N–H and O–H groups in total. The Labute approximate surface area is 84.7 Å². The van der Waals surface area contributed by atoms with Crippen molar-refractivity contribution >= 4 is 6.08 Å². The molecule has 0 spiro atoms. The molecule has 1 aromatic rings. The summed E-state index contributed by atoms with van der Waals surface area (Å²) in [5.41, 5.74) is 2.56. The molecule has 0 bridgehead atoms. The van der Waals surface area contributed by atoms with Crippen LogP contribution in [0.25, 0.3) is 6.08 Å². The van der Waals surface area contributed by atoms with E-state index in [1.165, 1.54) is 11.1 Å². The quantitative estimate of drug-likeness (QED) is 0.689. The Bertz CT molecular complexity index is 375. The van der Waals surface area contributed by atoms with Gasteiger partial charge in [0, 0.05) is 5.56 Å². The molecular formula is C13H14O. The Morgan fingerprint density at radius 2 is 2.21 bits per heavy atom. The minimum Gasteiger partial charge on any atom is -0.493 e. The SMILES string of the molecule is CCOc1cccc2c1C=CC=CC2. The first-order valence-electron chi connectivity index (χ1n) is 4.99. The van der Waals surface area contributed by atoms with Crippen LogP contribution in [0.2, 0.25) is 0 Å². The molecule has 0 fully saturated rings. The molecule has 72 valence electrons. The third-order valence-electron chi connectivity index (χ3n) is 2.30. The predicted octanol–water partition coefficient (Wildman–Crippen LogP) is 3.21. The maximum atomic E-state index is 5.58. The molecule has 1 aliphatic rings. The summed E-state index contributed by atoms with van der Waals surface area (Å²) in [5.74, 6) is 0.991. The van der Waals surface area contributed by atoms with E-state index in [4.69, 9.17) is 4.74 Å². The number of allylic oxidation sites excluding steroid dienone is 3. The fraction of sp³-hybridized carbons (Fsp3) is 0.231. The first-order valence-corrected chi connectivity index (χ1v) is 4.99. The number of hydrogen-bond acceptors (Lipinski definition) is 1. The van der Waals surface area contributed by atoms with Crippen LogP contribution in [0.5, 0.6) is 5.75 Å². The van der Waals surface area contributed by atoms with E-state index in [1.807, 2.05) is 13.0 Å². The maximum Gasteiger partial charge on any atom is 0.126 e. The lowest BCUT2D eigenvalue weighted by molar-refractivity contribution is 0.339. The smallest absolute Gasteiger partial charge is 0.126 e. The van der Waals surface area contributed by atoms with Crippen LogP contribution in [0, 0.1) is 0 Å². The number of rotatable bonds is 2. The summed E-state index contributed by atoms with van der Waals surface area (Å²) >= 11 is 0. The summed E-state index contributed by atoms with van der Waals surface area (Å²) in [5, 5.41) is 0. The minimum absolute atomic E-state index is 0.720. The Hall–Kier alpha value is -1.50. The minimum atomic E-state index is 0.720. The molecule has 1 aromatic carbocycles. The van der Waals surface area contributed by atoms with Crippen LogP contribution < -0.4 is 4.74 Å². The molecule has 0 atom stereocenters. The molecule has 14 heavy (non-hydrogen) atoms. The molecule has 0 aromatic heterocycles. The topological polar surface area (TPSA) is 9.23 Å². The standard InChI is InChI=1S/C13H14O/c1-2-14-13-10-6-8-11-7-4-3-5-9-12(11)13/h3-6,8-10H,2,7H2,1H3. The van der Waals surface area contributed by atoms with E-state index < -0.39 is 0 Å². The van der Waals surface area contributed by atoms with Gasteiger partial charge in [0.1, 0.15) is 5.75 Å². The van der Waals surface area contributed by atoms with E-state index in [2.05, 4.69) is 36.4 Å². The van der Waals surface area contributed by atoms with Gasteiger partial charge in [0.15, 0.2) is 0 Å². The summed E-state index contributed by atoms with van der Waals surface area (Å²) < 4.78 is 5.58. The highest BCUT2D eigenvalue weighted by molar-refractivity contribution is 5.63. The summed E-state index contributed by atoms with van der Waals surface area (Å²) in [6, 6.07) is 6.23. The molecule has 0 amide bonds. The first kappa shape index (κ1) is 9.07. The molecule has 0 radical (unpaired) electrons. The third-order valence-corrected chi connectivity index (χ3v) is 2.30. The number of fused-ring (bicyclic) bond motifs is 1. The van der Waals surface area contributed by atoms with E-state index in [-0.39, 0.29) is 0 Å². The zero-order valence-electron chi connectivity index (χ0n) is 8.36. The second-order valence-electron chi connectivity index (χ2n) is 3.25. The van der Waals surface area contributed by atoms with Gasteiger partial charge in [-0.1, -0.05) is 36.4 Å². The summed E-state index contributed by atoms with van der Waals surface area (Å²) in [6.45, 7) is 2.73. The van der Waals surface area contributed by atoms with Crippen LogP contribution >= 0.6 is 0 Å². The van der Waals surface area contributed by atoms with Crippen molar-refractivity contribution in [3.05, 3.63) is 47.6 Å². The van der Waals surface area contributed by atoms with Crippen LogP contribution in [0.15, 0.2) is 36.4 Å². The lowest BCUT2D eigenvalue weighted by atomic mass is 10.0. The fourth-order valence-electron chi connectivity index (χ4n) is 1.66. The van der Waals surface area contributed by atoms with Crippen molar-refractivity contribution < 1.29 is 4.74 Å². The van der Waals surface area contributed by atoms with Crippen molar-refractivity contribution in [3.63, 3.8) is 0 Å². The molecule has 0 heterocycles. The van der Waals surface area contributed by atoms with Crippen LogP contribution in [0.1, 0.15) is 18.1 Å². The van der Waals surface area contributed by atoms with E-state index in [0.717, 1.165) is 18.8 Å². The van der Waals surface area contributed by atoms with E-state index in [9.17, 15) is 0 Å². The van der Waals surface area contributed by atoms with Crippen molar-refractivity contribution in [3.8, 4) is 5.75 Å². The second kappa shape index (κ2) is 4.14. The lowest BCUT2D eigenvalue weighted by Crippen LogP contribution is -1.96. The molecule has 0 unspecified atom stereocenters. The molecule has 1 nitrogen and oxygen atoms in total. The van der Waals surface area contributed by atoms with Gasteiger partial charge in [-0.3, -0.25) is 0 Å². The highest BCUT2D eigenvalue weighted by Gasteiger charge is 2.06. The average Bonchev–Trinajstić information content (AvgIpc) is 2.44. The average molecular weight is 186 g/mol. The normalized spacial score (nSPS) is 13.5. The van der Waals surface area contributed by atoms with Gasteiger partial charge in [0.25, 0.3) is 0 Å². The molecule has 0 saturated carbocycles. The third kappa shape index (κ3) is 1.72. The zero-order valence-corrected chi connectivity index (χ0v) is 8.36. The molecule has 1 aliphatic carbocycles. The van der Waals surface area contributed by atoms with Crippen molar-refractivity contribution in [1.29, 1.82) is 0 Å². The van der Waals surface area contributed by atoms with Gasteiger partial charge >= 0.3 is 0 Å². The van der Waals surface area contributed by atoms with Gasteiger partial charge < -0.3 is 4.74 Å². The van der Waals surface area contributed by atoms with Gasteiger partial charge in [0.05, 0.1) is 6.61 Å². The van der Waals surface area contributed by atoms with E-state index in [0.29, 0.717) is 0 Å². The Kier molecular flexibility index (Phi) is 2.68. The monoisotopic (exact) mass is 186 g/mol. The predicted molar refractivity (Wildman–Crippen MR) is 59.5 cm³/mol. The van der Waals surface area contributed by atoms with Gasteiger partial charge in [-0.15, -0.1) is 0 Å². The number of ether oxygens (including phenoxy) is 1. The Balaban J connectivity index is 2.44. The molecule has 2 rings (SSSR count). The molecular weight excluding hydrogens is 172 g/mol. The van der Waals surface area contributed by atoms with E-state index in [1.54, 1.807) is 0 Å². The number of hydrogen-bond donors (Lipinski definition) is 0. The largest absolute Gasteiger partial charge is 0.493 e. The van der Waals surface area contributed by atoms with Gasteiger partial charge in [-0.05, 0) is 25.0 Å². The summed E-state index contributed by atoms with van der Waals surface area (Å²) in [4.78, 5) is 0. The highest BCUT2D eigenvalue weighted by atomic mass is 16.5. The van der Waals surface area contributed by atoms with Gasteiger partial charge in [-0.2, -0.15) is 0 Å². The van der Waals surface area contributed by atoms with Crippen LogP contribution in [-0.2, 0) is 6.42 Å². The molecule has 0 aliphatic heterocycles. The summed E-state index contributed by atoms with van der Waals surface area (Å²) in [7, 11) is 0. The van der Waals surface area contributed by atoms with Gasteiger partial charge in [0.2, 0.25) is 0 Å². The van der Waals surface area contributed by atoms with Crippen LogP contribution in [0.4, 0.5) is 0 Å². The second-order valence-corrected chi connectivity index (χ2v) is 3.25. The Morgan fingerprint density at radius 1 is 1.29 bits per heavy atom. The van der Waals surface area contributed by atoms with Crippen molar-refractivity contribution in [2.75, 3.05) is 6.61 Å². The van der Waals surface area contributed by atoms with Crippen molar-refractivity contribution in [2.24, 2.45) is 0 Å². The van der Waals surface area contributed by atoms with E-state index >= 15 is 0 Å².